The lowest BCUT2D eigenvalue weighted by atomic mass is 10.1. The van der Waals surface area contributed by atoms with E-state index >= 15 is 0 Å². The van der Waals surface area contributed by atoms with Gasteiger partial charge < -0.3 is 15.2 Å². The minimum Gasteiger partial charge on any atom is -0.481 e. The second-order valence-corrected chi connectivity index (χ2v) is 5.76. The zero-order chi connectivity index (χ0) is 17.8. The molecule has 7 nitrogen and oxygen atoms in total. The number of fused-ring (bicyclic) bond motifs is 1. The number of methoxy groups -OCH3 is 1. The third kappa shape index (κ3) is 3.71. The van der Waals surface area contributed by atoms with Gasteiger partial charge in [0, 0.05) is 24.5 Å². The molecule has 0 spiro atoms. The van der Waals surface area contributed by atoms with Crippen LogP contribution in [0, 0.1) is 0 Å². The smallest absolute Gasteiger partial charge is 0.322 e. The highest BCUT2D eigenvalue weighted by Crippen LogP contribution is 2.28. The van der Waals surface area contributed by atoms with Crippen LogP contribution in [0.1, 0.15) is 23.6 Å². The first-order valence-corrected chi connectivity index (χ1v) is 7.96. The van der Waals surface area contributed by atoms with Crippen LogP contribution in [-0.4, -0.2) is 35.7 Å². The fraction of sp³-hybridized carbons (Fsp3) is 0.278. The average Bonchev–Trinajstić information content (AvgIpc) is 3.05. The molecule has 130 valence electrons. The summed E-state index contributed by atoms with van der Waals surface area (Å²) in [6.07, 6.45) is 2.08. The van der Waals surface area contributed by atoms with E-state index in [1.54, 1.807) is 17.0 Å². The first-order chi connectivity index (χ1) is 12.1. The van der Waals surface area contributed by atoms with Crippen molar-refractivity contribution in [3.05, 3.63) is 53.7 Å². The van der Waals surface area contributed by atoms with Crippen LogP contribution in [-0.2, 0) is 11.2 Å². The van der Waals surface area contributed by atoms with Crippen LogP contribution in [0.4, 0.5) is 10.5 Å². The molecular formula is C18H19N3O4. The Kier molecular flexibility index (Phi) is 4.83. The van der Waals surface area contributed by atoms with Crippen LogP contribution >= 0.6 is 0 Å². The van der Waals surface area contributed by atoms with E-state index < -0.39 is 12.0 Å². The van der Waals surface area contributed by atoms with Gasteiger partial charge in [-0.1, -0.05) is 24.3 Å². The minimum atomic E-state index is -0.997. The van der Waals surface area contributed by atoms with Gasteiger partial charge in [-0.3, -0.25) is 9.69 Å². The maximum absolute atomic E-state index is 12.7. The molecule has 1 aliphatic rings. The summed E-state index contributed by atoms with van der Waals surface area (Å²) in [6, 6.07) is 10.1. The van der Waals surface area contributed by atoms with Crippen LogP contribution in [0.25, 0.3) is 0 Å². The molecule has 2 amide bonds. The van der Waals surface area contributed by atoms with E-state index in [0.29, 0.717) is 18.0 Å². The summed E-state index contributed by atoms with van der Waals surface area (Å²) in [5.41, 5.74) is 2.59. The number of carboxylic acids is 1. The van der Waals surface area contributed by atoms with E-state index in [9.17, 15) is 14.7 Å². The van der Waals surface area contributed by atoms with E-state index in [2.05, 4.69) is 10.3 Å². The lowest BCUT2D eigenvalue weighted by Crippen LogP contribution is -2.41. The molecule has 1 aliphatic heterocycles. The number of hydrogen-bond acceptors (Lipinski definition) is 4. The summed E-state index contributed by atoms with van der Waals surface area (Å²) < 4.78 is 5.01. The van der Waals surface area contributed by atoms with Gasteiger partial charge >= 0.3 is 12.0 Å². The summed E-state index contributed by atoms with van der Waals surface area (Å²) in [6.45, 7) is 0.575. The molecule has 0 radical (unpaired) electrons. The summed E-state index contributed by atoms with van der Waals surface area (Å²) >= 11 is 0. The quantitative estimate of drug-likeness (QED) is 0.871. The van der Waals surface area contributed by atoms with Crippen molar-refractivity contribution in [3.8, 4) is 5.88 Å². The van der Waals surface area contributed by atoms with Gasteiger partial charge in [-0.25, -0.2) is 9.78 Å². The predicted molar refractivity (Wildman–Crippen MR) is 91.8 cm³/mol. The van der Waals surface area contributed by atoms with Gasteiger partial charge in [0.1, 0.15) is 0 Å². The van der Waals surface area contributed by atoms with Crippen molar-refractivity contribution in [3.63, 3.8) is 0 Å². The van der Waals surface area contributed by atoms with Crippen molar-refractivity contribution in [2.45, 2.75) is 18.9 Å². The maximum Gasteiger partial charge on any atom is 0.322 e. The van der Waals surface area contributed by atoms with Crippen molar-refractivity contribution in [1.29, 1.82) is 0 Å². The SMILES string of the molecule is COc1ccc(C(CC(=O)O)NC(=O)N2CCc3ccccc32)cn1. The first kappa shape index (κ1) is 16.8. The highest BCUT2D eigenvalue weighted by molar-refractivity contribution is 5.94. The molecule has 3 rings (SSSR count). The van der Waals surface area contributed by atoms with Gasteiger partial charge in [0.25, 0.3) is 0 Å². The fourth-order valence-corrected chi connectivity index (χ4v) is 2.92. The minimum absolute atomic E-state index is 0.227. The Morgan fingerprint density at radius 2 is 2.12 bits per heavy atom. The topological polar surface area (TPSA) is 91.8 Å². The molecule has 1 unspecified atom stereocenters. The number of aliphatic carboxylic acids is 1. The third-order valence-electron chi connectivity index (χ3n) is 4.18. The molecular weight excluding hydrogens is 322 g/mol. The zero-order valence-corrected chi connectivity index (χ0v) is 13.8. The highest BCUT2D eigenvalue weighted by atomic mass is 16.5. The van der Waals surface area contributed by atoms with Crippen LogP contribution in [0.2, 0.25) is 0 Å². The van der Waals surface area contributed by atoms with E-state index in [1.165, 1.54) is 13.3 Å². The standard InChI is InChI=1S/C18H19N3O4/c1-25-16-7-6-13(11-19-16)14(10-17(22)23)20-18(24)21-9-8-12-4-2-3-5-15(12)21/h2-7,11,14H,8-10H2,1H3,(H,20,24)(H,22,23). The normalized spacial score (nSPS) is 13.9. The van der Waals surface area contributed by atoms with Crippen LogP contribution in [0.3, 0.4) is 0 Å². The molecule has 1 aromatic heterocycles. The Bertz CT molecular complexity index is 776. The maximum atomic E-state index is 12.7. The Morgan fingerprint density at radius 1 is 1.32 bits per heavy atom. The fourth-order valence-electron chi connectivity index (χ4n) is 2.92. The van der Waals surface area contributed by atoms with Gasteiger partial charge in [-0.15, -0.1) is 0 Å². The van der Waals surface area contributed by atoms with Gasteiger partial charge in [-0.05, 0) is 23.6 Å². The van der Waals surface area contributed by atoms with Crippen molar-refractivity contribution >= 4 is 17.7 Å². The third-order valence-corrected chi connectivity index (χ3v) is 4.18. The summed E-state index contributed by atoms with van der Waals surface area (Å²) in [5, 5.41) is 12.0. The predicted octanol–water partition coefficient (Wildman–Crippen LogP) is 2.38. The molecule has 0 saturated heterocycles. The van der Waals surface area contributed by atoms with E-state index in [0.717, 1.165) is 17.7 Å². The van der Waals surface area contributed by atoms with E-state index in [-0.39, 0.29) is 12.5 Å². The lowest BCUT2D eigenvalue weighted by Gasteiger charge is -2.23. The number of carbonyl (C=O) groups excluding carboxylic acids is 1. The second-order valence-electron chi connectivity index (χ2n) is 5.76. The summed E-state index contributed by atoms with van der Waals surface area (Å²) in [5.74, 6) is -0.569. The monoisotopic (exact) mass is 341 g/mol. The number of aromatic nitrogens is 1. The van der Waals surface area contributed by atoms with Gasteiger partial charge in [0.05, 0.1) is 19.6 Å². The number of nitrogens with zero attached hydrogens (tertiary/aromatic N) is 2. The molecule has 7 heteroatoms. The summed E-state index contributed by atoms with van der Waals surface area (Å²) in [7, 11) is 1.50. The van der Waals surface area contributed by atoms with Gasteiger partial charge in [-0.2, -0.15) is 0 Å². The number of anilines is 1. The van der Waals surface area contributed by atoms with Gasteiger partial charge in [0.2, 0.25) is 5.88 Å². The number of amides is 2. The van der Waals surface area contributed by atoms with Gasteiger partial charge in [0.15, 0.2) is 0 Å². The Morgan fingerprint density at radius 3 is 2.80 bits per heavy atom. The zero-order valence-electron chi connectivity index (χ0n) is 13.8. The van der Waals surface area contributed by atoms with E-state index in [4.69, 9.17) is 4.74 Å². The van der Waals surface area contributed by atoms with Crippen molar-refractivity contribution in [1.82, 2.24) is 10.3 Å². The number of nitrogens with one attached hydrogen (secondary N) is 1. The first-order valence-electron chi connectivity index (χ1n) is 7.96. The van der Waals surface area contributed by atoms with Crippen molar-refractivity contribution in [2.24, 2.45) is 0 Å². The number of benzene rings is 1. The molecule has 0 saturated carbocycles. The Balaban J connectivity index is 1.78. The number of urea groups is 1. The van der Waals surface area contributed by atoms with Crippen LogP contribution in [0.5, 0.6) is 5.88 Å². The molecule has 2 aromatic rings. The molecule has 1 aromatic carbocycles. The van der Waals surface area contributed by atoms with Crippen molar-refractivity contribution in [2.75, 3.05) is 18.6 Å². The van der Waals surface area contributed by atoms with Crippen LogP contribution < -0.4 is 15.0 Å². The molecule has 2 heterocycles. The molecule has 0 aliphatic carbocycles. The second kappa shape index (κ2) is 7.21. The number of carbonyl (C=O) groups is 2. The number of ether oxygens (including phenoxy) is 1. The number of para-hydroxylation sites is 1. The Labute approximate surface area is 145 Å². The molecule has 1 atom stereocenters. The largest absolute Gasteiger partial charge is 0.481 e. The summed E-state index contributed by atoms with van der Waals surface area (Å²) in [4.78, 5) is 29.6. The molecule has 2 N–H and O–H groups in total. The molecule has 25 heavy (non-hydrogen) atoms. The number of rotatable bonds is 5. The average molecular weight is 341 g/mol. The number of pyridine rings is 1. The number of carboxylic acid groups (broad SMARTS) is 1. The molecule has 0 bridgehead atoms. The highest BCUT2D eigenvalue weighted by Gasteiger charge is 2.27. The lowest BCUT2D eigenvalue weighted by molar-refractivity contribution is -0.137. The number of hydrogen-bond donors (Lipinski definition) is 2. The van der Waals surface area contributed by atoms with Crippen molar-refractivity contribution < 1.29 is 19.4 Å². The van der Waals surface area contributed by atoms with Crippen LogP contribution in [0.15, 0.2) is 42.6 Å². The Hall–Kier alpha value is -3.09. The molecule has 0 fully saturated rings. The van der Waals surface area contributed by atoms with E-state index in [1.807, 2.05) is 24.3 Å².